The van der Waals surface area contributed by atoms with Crippen molar-refractivity contribution in [3.63, 3.8) is 0 Å². The van der Waals surface area contributed by atoms with Gasteiger partial charge in [0.25, 0.3) is 0 Å². The third-order valence-electron chi connectivity index (χ3n) is 2.90. The molecular weight excluding hydrogens is 324 g/mol. The van der Waals surface area contributed by atoms with Gasteiger partial charge in [-0.15, -0.1) is 0 Å². The van der Waals surface area contributed by atoms with Crippen molar-refractivity contribution in [3.8, 4) is 0 Å². The van der Waals surface area contributed by atoms with Crippen LogP contribution in [-0.4, -0.2) is 11.5 Å². The molecule has 1 N–H and O–H groups in total. The summed E-state index contributed by atoms with van der Waals surface area (Å²) < 4.78 is 1.09. The summed E-state index contributed by atoms with van der Waals surface area (Å²) in [7, 11) is 0. The summed E-state index contributed by atoms with van der Waals surface area (Å²) in [6.45, 7) is 2.97. The van der Waals surface area contributed by atoms with Gasteiger partial charge in [0.15, 0.2) is 0 Å². The van der Waals surface area contributed by atoms with Gasteiger partial charge in [0.1, 0.15) is 0 Å². The molecule has 0 saturated heterocycles. The monoisotopic (exact) mass is 338 g/mol. The highest BCUT2D eigenvalue weighted by molar-refractivity contribution is 9.10. The molecule has 100 valence electrons. The Morgan fingerprint density at radius 2 is 2.16 bits per heavy atom. The number of halogens is 2. The SMILES string of the molecule is CCNC(Cc1cccc(Br)c1)c1ncccc1Cl. The first kappa shape index (κ1) is 14.5. The minimum absolute atomic E-state index is 0.132. The molecule has 1 heterocycles. The van der Waals surface area contributed by atoms with Crippen molar-refractivity contribution in [2.24, 2.45) is 0 Å². The van der Waals surface area contributed by atoms with Crippen LogP contribution in [0.15, 0.2) is 47.1 Å². The van der Waals surface area contributed by atoms with Crippen LogP contribution in [0.4, 0.5) is 0 Å². The molecule has 0 saturated carbocycles. The van der Waals surface area contributed by atoms with Crippen LogP contribution in [0.3, 0.4) is 0 Å². The number of nitrogens with one attached hydrogen (secondary N) is 1. The Hall–Kier alpha value is -0.900. The largest absolute Gasteiger partial charge is 0.309 e. The summed E-state index contributed by atoms with van der Waals surface area (Å²) in [5.74, 6) is 0. The molecule has 2 rings (SSSR count). The number of hydrogen-bond donors (Lipinski definition) is 1. The van der Waals surface area contributed by atoms with Crippen molar-refractivity contribution in [3.05, 3.63) is 63.3 Å². The molecule has 0 spiro atoms. The van der Waals surface area contributed by atoms with E-state index >= 15 is 0 Å². The lowest BCUT2D eigenvalue weighted by molar-refractivity contribution is 0.537. The number of aromatic nitrogens is 1. The van der Waals surface area contributed by atoms with E-state index in [1.807, 2.05) is 24.3 Å². The number of likely N-dealkylation sites (N-methyl/N-ethyl adjacent to an activating group) is 1. The molecule has 0 aliphatic rings. The molecule has 4 heteroatoms. The third kappa shape index (κ3) is 4.03. The summed E-state index contributed by atoms with van der Waals surface area (Å²) in [5, 5.41) is 4.16. The van der Waals surface area contributed by atoms with E-state index in [1.165, 1.54) is 5.56 Å². The number of pyridine rings is 1. The highest BCUT2D eigenvalue weighted by Crippen LogP contribution is 2.24. The van der Waals surface area contributed by atoms with Crippen LogP contribution in [0.1, 0.15) is 24.2 Å². The normalized spacial score (nSPS) is 12.4. The minimum Gasteiger partial charge on any atom is -0.309 e. The highest BCUT2D eigenvalue weighted by Gasteiger charge is 2.15. The Kier molecular flexibility index (Phi) is 5.37. The fourth-order valence-electron chi connectivity index (χ4n) is 2.07. The average molecular weight is 340 g/mol. The first-order valence-electron chi connectivity index (χ1n) is 6.29. The van der Waals surface area contributed by atoms with E-state index in [0.29, 0.717) is 5.02 Å². The third-order valence-corrected chi connectivity index (χ3v) is 3.71. The summed E-state index contributed by atoms with van der Waals surface area (Å²) in [6, 6.07) is 12.2. The van der Waals surface area contributed by atoms with Crippen LogP contribution in [-0.2, 0) is 6.42 Å². The molecule has 1 atom stereocenters. The van der Waals surface area contributed by atoms with E-state index < -0.39 is 0 Å². The van der Waals surface area contributed by atoms with E-state index in [4.69, 9.17) is 11.6 Å². The number of hydrogen-bond acceptors (Lipinski definition) is 2. The van der Waals surface area contributed by atoms with Gasteiger partial charge in [0.05, 0.1) is 16.8 Å². The number of rotatable bonds is 5. The topological polar surface area (TPSA) is 24.9 Å². The fraction of sp³-hybridized carbons (Fsp3) is 0.267. The van der Waals surface area contributed by atoms with Gasteiger partial charge >= 0.3 is 0 Å². The summed E-state index contributed by atoms with van der Waals surface area (Å²) in [5.41, 5.74) is 2.16. The van der Waals surface area contributed by atoms with Crippen molar-refractivity contribution < 1.29 is 0 Å². The Labute approximate surface area is 127 Å². The van der Waals surface area contributed by atoms with Crippen LogP contribution in [0.25, 0.3) is 0 Å². The second-order valence-electron chi connectivity index (χ2n) is 4.31. The second-order valence-corrected chi connectivity index (χ2v) is 5.64. The maximum Gasteiger partial charge on any atom is 0.0762 e. The molecule has 0 aliphatic carbocycles. The molecule has 1 aromatic carbocycles. The van der Waals surface area contributed by atoms with Gasteiger partial charge in [-0.3, -0.25) is 4.98 Å². The van der Waals surface area contributed by atoms with E-state index in [0.717, 1.165) is 23.1 Å². The number of benzene rings is 1. The zero-order valence-electron chi connectivity index (χ0n) is 10.7. The second kappa shape index (κ2) is 7.04. The fourth-order valence-corrected chi connectivity index (χ4v) is 2.77. The van der Waals surface area contributed by atoms with Crippen LogP contribution >= 0.6 is 27.5 Å². The molecule has 0 amide bonds. The zero-order valence-corrected chi connectivity index (χ0v) is 13.1. The van der Waals surface area contributed by atoms with Gasteiger partial charge in [-0.05, 0) is 42.8 Å². The average Bonchev–Trinajstić information content (AvgIpc) is 2.39. The standard InChI is InChI=1S/C15H16BrClN2/c1-2-18-14(15-13(17)7-4-8-19-15)10-11-5-3-6-12(16)9-11/h3-9,14,18H,2,10H2,1H3. The minimum atomic E-state index is 0.132. The quantitative estimate of drug-likeness (QED) is 0.874. The van der Waals surface area contributed by atoms with Gasteiger partial charge in [0.2, 0.25) is 0 Å². The molecule has 0 bridgehead atoms. The summed E-state index contributed by atoms with van der Waals surface area (Å²) >= 11 is 9.74. The molecule has 1 aromatic heterocycles. The lowest BCUT2D eigenvalue weighted by Crippen LogP contribution is -2.24. The molecule has 2 aromatic rings. The van der Waals surface area contributed by atoms with Gasteiger partial charge in [-0.2, -0.15) is 0 Å². The molecule has 19 heavy (non-hydrogen) atoms. The van der Waals surface area contributed by atoms with Crippen molar-refractivity contribution >= 4 is 27.5 Å². The molecule has 0 fully saturated rings. The van der Waals surface area contributed by atoms with Crippen molar-refractivity contribution in [1.29, 1.82) is 0 Å². The van der Waals surface area contributed by atoms with Gasteiger partial charge < -0.3 is 5.32 Å². The van der Waals surface area contributed by atoms with Crippen LogP contribution < -0.4 is 5.32 Å². The van der Waals surface area contributed by atoms with E-state index in [1.54, 1.807) is 6.20 Å². The summed E-state index contributed by atoms with van der Waals surface area (Å²) in [6.07, 6.45) is 2.65. The van der Waals surface area contributed by atoms with Gasteiger partial charge in [0, 0.05) is 10.7 Å². The smallest absolute Gasteiger partial charge is 0.0762 e. The van der Waals surface area contributed by atoms with E-state index in [2.05, 4.69) is 45.3 Å². The zero-order chi connectivity index (χ0) is 13.7. The predicted molar refractivity (Wildman–Crippen MR) is 83.5 cm³/mol. The molecule has 2 nitrogen and oxygen atoms in total. The first-order valence-corrected chi connectivity index (χ1v) is 7.46. The van der Waals surface area contributed by atoms with Gasteiger partial charge in [-0.25, -0.2) is 0 Å². The lowest BCUT2D eigenvalue weighted by Gasteiger charge is -2.18. The van der Waals surface area contributed by atoms with E-state index in [-0.39, 0.29) is 6.04 Å². The van der Waals surface area contributed by atoms with E-state index in [9.17, 15) is 0 Å². The number of nitrogens with zero attached hydrogens (tertiary/aromatic N) is 1. The van der Waals surface area contributed by atoms with Crippen molar-refractivity contribution in [2.45, 2.75) is 19.4 Å². The first-order chi connectivity index (χ1) is 9.20. The van der Waals surface area contributed by atoms with Crippen molar-refractivity contribution in [2.75, 3.05) is 6.54 Å². The Morgan fingerprint density at radius 3 is 2.84 bits per heavy atom. The Balaban J connectivity index is 2.24. The Bertz CT molecular complexity index is 545. The maximum absolute atomic E-state index is 6.24. The van der Waals surface area contributed by atoms with Crippen LogP contribution in [0.2, 0.25) is 5.02 Å². The van der Waals surface area contributed by atoms with Crippen molar-refractivity contribution in [1.82, 2.24) is 10.3 Å². The summed E-state index contributed by atoms with van der Waals surface area (Å²) in [4.78, 5) is 4.41. The molecule has 1 unspecified atom stereocenters. The predicted octanol–water partition coefficient (Wildman–Crippen LogP) is 4.39. The van der Waals surface area contributed by atoms with Crippen LogP contribution in [0.5, 0.6) is 0 Å². The molecular formula is C15H16BrClN2. The lowest BCUT2D eigenvalue weighted by atomic mass is 10.0. The van der Waals surface area contributed by atoms with Gasteiger partial charge in [-0.1, -0.05) is 46.6 Å². The van der Waals surface area contributed by atoms with Crippen LogP contribution in [0, 0.1) is 0 Å². The molecule has 0 aliphatic heterocycles. The highest BCUT2D eigenvalue weighted by atomic mass is 79.9. The Morgan fingerprint density at radius 1 is 1.32 bits per heavy atom. The maximum atomic E-state index is 6.24. The molecule has 0 radical (unpaired) electrons.